The molecule has 2 nitrogen and oxygen atoms in total. The Kier molecular flexibility index (Phi) is 4.06. The number of aliphatic hydroxyl groups is 1. The summed E-state index contributed by atoms with van der Waals surface area (Å²) in [5, 5.41) is 11.0. The van der Waals surface area contributed by atoms with E-state index < -0.39 is 5.60 Å². The van der Waals surface area contributed by atoms with Crippen molar-refractivity contribution in [2.24, 2.45) is 5.92 Å². The second-order valence-corrected chi connectivity index (χ2v) is 6.94. The summed E-state index contributed by atoms with van der Waals surface area (Å²) in [5.41, 5.74) is -0.130. The summed E-state index contributed by atoms with van der Waals surface area (Å²) in [5.74, 6) is -0.0833. The molecule has 3 rings (SSSR count). The Morgan fingerprint density at radius 3 is 2.52 bits per heavy atom. The van der Waals surface area contributed by atoms with E-state index in [0.717, 1.165) is 37.9 Å². The Hall–Kier alpha value is -0.930. The summed E-state index contributed by atoms with van der Waals surface area (Å²) in [6, 6.07) is 6.27. The van der Waals surface area contributed by atoms with Crippen LogP contribution >= 0.6 is 0 Å². The number of benzene rings is 1. The quantitative estimate of drug-likeness (QED) is 0.886. The molecule has 2 atom stereocenters. The molecule has 1 aromatic rings. The third kappa shape index (κ3) is 3.00. The lowest BCUT2D eigenvalue weighted by Crippen LogP contribution is -2.47. The Balaban J connectivity index is 1.79. The first-order valence-electron chi connectivity index (χ1n) is 8.14. The largest absolute Gasteiger partial charge is 0.385 e. The van der Waals surface area contributed by atoms with Crippen LogP contribution in [0.3, 0.4) is 0 Å². The van der Waals surface area contributed by atoms with E-state index >= 15 is 0 Å². The van der Waals surface area contributed by atoms with Crippen LogP contribution in [0.15, 0.2) is 24.3 Å². The molecule has 1 heterocycles. The normalized spacial score (nSPS) is 28.2. The number of ether oxygens (including phenoxy) is 1. The predicted molar refractivity (Wildman–Crippen MR) is 80.5 cm³/mol. The standard InChI is InChI=1S/C18H25FO2/c1-17(20,14-5-7-16(19)8-6-14)15-9-12-21-18(13-15)10-3-2-4-11-18/h5-8,15,20H,2-4,9-13H2,1H3. The van der Waals surface area contributed by atoms with E-state index in [0.29, 0.717) is 0 Å². The van der Waals surface area contributed by atoms with E-state index in [-0.39, 0.29) is 17.3 Å². The van der Waals surface area contributed by atoms with Gasteiger partial charge in [-0.2, -0.15) is 0 Å². The lowest BCUT2D eigenvalue weighted by atomic mass is 9.69. The maximum Gasteiger partial charge on any atom is 0.123 e. The minimum absolute atomic E-state index is 0.0226. The fourth-order valence-electron chi connectivity index (χ4n) is 4.08. The molecule has 0 amide bonds. The molecule has 1 aromatic carbocycles. The van der Waals surface area contributed by atoms with Crippen LogP contribution in [0, 0.1) is 11.7 Å². The SMILES string of the molecule is CC(O)(c1ccc(F)cc1)C1CCOC2(CCCCC2)C1. The first kappa shape index (κ1) is 15.0. The van der Waals surface area contributed by atoms with Crippen LogP contribution in [0.25, 0.3) is 0 Å². The van der Waals surface area contributed by atoms with Crippen molar-refractivity contribution in [3.63, 3.8) is 0 Å². The van der Waals surface area contributed by atoms with Crippen LogP contribution < -0.4 is 0 Å². The van der Waals surface area contributed by atoms with Crippen molar-refractivity contribution in [1.29, 1.82) is 0 Å². The minimum atomic E-state index is -0.915. The molecule has 2 aliphatic rings. The lowest BCUT2D eigenvalue weighted by molar-refractivity contribution is -0.154. The Bertz CT molecular complexity index is 469. The van der Waals surface area contributed by atoms with Gasteiger partial charge in [-0.3, -0.25) is 0 Å². The third-order valence-electron chi connectivity index (χ3n) is 5.48. The second kappa shape index (κ2) is 5.69. The fourth-order valence-corrected chi connectivity index (χ4v) is 4.08. The van der Waals surface area contributed by atoms with Crippen molar-refractivity contribution in [3.8, 4) is 0 Å². The zero-order chi connectivity index (χ0) is 14.9. The minimum Gasteiger partial charge on any atom is -0.385 e. The van der Waals surface area contributed by atoms with Gasteiger partial charge in [0.1, 0.15) is 5.82 Å². The molecular formula is C18H25FO2. The van der Waals surface area contributed by atoms with E-state index in [9.17, 15) is 9.50 Å². The molecule has 0 radical (unpaired) electrons. The molecule has 0 bridgehead atoms. The first-order valence-corrected chi connectivity index (χ1v) is 8.14. The Morgan fingerprint density at radius 2 is 1.86 bits per heavy atom. The van der Waals surface area contributed by atoms with Crippen LogP contribution in [0.4, 0.5) is 4.39 Å². The highest BCUT2D eigenvalue weighted by Crippen LogP contribution is 2.46. The summed E-state index contributed by atoms with van der Waals surface area (Å²) in [6.07, 6.45) is 7.76. The van der Waals surface area contributed by atoms with Gasteiger partial charge >= 0.3 is 0 Å². The molecule has 2 fully saturated rings. The molecule has 21 heavy (non-hydrogen) atoms. The Labute approximate surface area is 126 Å². The number of hydrogen-bond donors (Lipinski definition) is 1. The van der Waals surface area contributed by atoms with Crippen molar-refractivity contribution in [2.45, 2.75) is 63.1 Å². The van der Waals surface area contributed by atoms with Crippen LogP contribution in [0.5, 0.6) is 0 Å². The molecule has 1 spiro atoms. The maximum absolute atomic E-state index is 13.1. The van der Waals surface area contributed by atoms with Gasteiger partial charge in [0.05, 0.1) is 11.2 Å². The van der Waals surface area contributed by atoms with Crippen molar-refractivity contribution in [1.82, 2.24) is 0 Å². The molecule has 116 valence electrons. The fraction of sp³-hybridized carbons (Fsp3) is 0.667. The van der Waals surface area contributed by atoms with Crippen molar-refractivity contribution >= 4 is 0 Å². The monoisotopic (exact) mass is 292 g/mol. The zero-order valence-electron chi connectivity index (χ0n) is 12.8. The van der Waals surface area contributed by atoms with Crippen LogP contribution in [-0.4, -0.2) is 17.3 Å². The average molecular weight is 292 g/mol. The summed E-state index contributed by atoms with van der Waals surface area (Å²) < 4.78 is 19.2. The van der Waals surface area contributed by atoms with Gasteiger partial charge in [-0.15, -0.1) is 0 Å². The van der Waals surface area contributed by atoms with Crippen LogP contribution in [-0.2, 0) is 10.3 Å². The highest BCUT2D eigenvalue weighted by Gasteiger charge is 2.44. The Morgan fingerprint density at radius 1 is 1.19 bits per heavy atom. The van der Waals surface area contributed by atoms with E-state index in [2.05, 4.69) is 0 Å². The van der Waals surface area contributed by atoms with Gasteiger partial charge in [-0.25, -0.2) is 4.39 Å². The van der Waals surface area contributed by atoms with Crippen molar-refractivity contribution in [2.75, 3.05) is 6.61 Å². The number of hydrogen-bond acceptors (Lipinski definition) is 2. The highest BCUT2D eigenvalue weighted by molar-refractivity contribution is 5.23. The highest BCUT2D eigenvalue weighted by atomic mass is 19.1. The van der Waals surface area contributed by atoms with Gasteiger partial charge in [0.2, 0.25) is 0 Å². The zero-order valence-corrected chi connectivity index (χ0v) is 12.8. The molecule has 1 saturated carbocycles. The van der Waals surface area contributed by atoms with Crippen molar-refractivity contribution < 1.29 is 14.2 Å². The molecule has 0 aromatic heterocycles. The van der Waals surface area contributed by atoms with E-state index in [1.807, 2.05) is 6.92 Å². The van der Waals surface area contributed by atoms with Gasteiger partial charge in [0.15, 0.2) is 0 Å². The summed E-state index contributed by atoms with van der Waals surface area (Å²) in [4.78, 5) is 0. The van der Waals surface area contributed by atoms with Gasteiger partial charge in [0, 0.05) is 6.61 Å². The summed E-state index contributed by atoms with van der Waals surface area (Å²) in [7, 11) is 0. The van der Waals surface area contributed by atoms with E-state index in [1.54, 1.807) is 12.1 Å². The molecular weight excluding hydrogens is 267 g/mol. The van der Waals surface area contributed by atoms with Crippen LogP contribution in [0.2, 0.25) is 0 Å². The number of halogens is 1. The molecule has 1 saturated heterocycles. The van der Waals surface area contributed by atoms with Gasteiger partial charge in [0.25, 0.3) is 0 Å². The second-order valence-electron chi connectivity index (χ2n) is 6.94. The number of rotatable bonds is 2. The van der Waals surface area contributed by atoms with Gasteiger partial charge < -0.3 is 9.84 Å². The molecule has 1 aliphatic heterocycles. The molecule has 1 aliphatic carbocycles. The summed E-state index contributed by atoms with van der Waals surface area (Å²) in [6.45, 7) is 2.59. The van der Waals surface area contributed by atoms with Crippen LogP contribution in [0.1, 0.15) is 57.4 Å². The van der Waals surface area contributed by atoms with E-state index in [4.69, 9.17) is 4.74 Å². The topological polar surface area (TPSA) is 29.5 Å². The summed E-state index contributed by atoms with van der Waals surface area (Å²) >= 11 is 0. The maximum atomic E-state index is 13.1. The smallest absolute Gasteiger partial charge is 0.123 e. The third-order valence-corrected chi connectivity index (χ3v) is 5.48. The lowest BCUT2D eigenvalue weighted by Gasteiger charge is -2.47. The predicted octanol–water partition coefficient (Wildman–Crippen LogP) is 4.16. The average Bonchev–Trinajstić information content (AvgIpc) is 2.48. The van der Waals surface area contributed by atoms with Gasteiger partial charge in [-0.05, 0) is 56.2 Å². The molecule has 3 heteroatoms. The molecule has 2 unspecified atom stereocenters. The van der Waals surface area contributed by atoms with Crippen molar-refractivity contribution in [3.05, 3.63) is 35.6 Å². The first-order chi connectivity index (χ1) is 10.0. The molecule has 1 N–H and O–H groups in total. The van der Waals surface area contributed by atoms with E-state index in [1.165, 1.54) is 31.4 Å². The van der Waals surface area contributed by atoms with Gasteiger partial charge in [-0.1, -0.05) is 31.4 Å².